The highest BCUT2D eigenvalue weighted by Crippen LogP contribution is 2.17. The van der Waals surface area contributed by atoms with E-state index in [1.165, 1.54) is 0 Å². The molecule has 2 N–H and O–H groups in total. The van der Waals surface area contributed by atoms with Crippen molar-refractivity contribution < 1.29 is 8.42 Å². The van der Waals surface area contributed by atoms with Gasteiger partial charge < -0.3 is 0 Å². The van der Waals surface area contributed by atoms with E-state index in [4.69, 9.17) is 0 Å². The number of sulfonamides is 1. The van der Waals surface area contributed by atoms with E-state index in [9.17, 15) is 8.42 Å². The number of benzene rings is 1. The Morgan fingerprint density at radius 2 is 2.25 bits per heavy atom. The van der Waals surface area contributed by atoms with Crippen LogP contribution in [-0.4, -0.2) is 30.1 Å². The lowest BCUT2D eigenvalue weighted by atomic mass is 10.2. The van der Waals surface area contributed by atoms with Crippen LogP contribution >= 0.6 is 12.6 Å². The maximum atomic E-state index is 11.5. The molecule has 0 atom stereocenters. The van der Waals surface area contributed by atoms with Gasteiger partial charge in [0.1, 0.15) is 0 Å². The molecule has 7 heteroatoms. The molecule has 0 saturated carbocycles. The van der Waals surface area contributed by atoms with Gasteiger partial charge in [0.05, 0.1) is 17.5 Å². The van der Waals surface area contributed by atoms with Gasteiger partial charge in [-0.2, -0.15) is 17.7 Å². The number of hydrogen-bond acceptors (Lipinski definition) is 4. The molecule has 0 aliphatic carbocycles. The van der Waals surface area contributed by atoms with Gasteiger partial charge in [-0.05, 0) is 18.2 Å². The van der Waals surface area contributed by atoms with Gasteiger partial charge in [-0.3, -0.25) is 9.82 Å². The van der Waals surface area contributed by atoms with Crippen LogP contribution in [-0.2, 0) is 10.0 Å². The fraction of sp³-hybridized carbons (Fsp3) is 0.222. The fourth-order valence-electron chi connectivity index (χ4n) is 1.36. The highest BCUT2D eigenvalue weighted by molar-refractivity contribution is 7.93. The Kier molecular flexibility index (Phi) is 3.06. The van der Waals surface area contributed by atoms with Gasteiger partial charge in [-0.1, -0.05) is 0 Å². The molecule has 1 heterocycles. The van der Waals surface area contributed by atoms with Crippen molar-refractivity contribution in [2.24, 2.45) is 0 Å². The maximum absolute atomic E-state index is 11.5. The standard InChI is InChI=1S/C9H11N3O2S2/c13-16(14,4-3-15)12-8-1-2-9-7(5-8)6-10-11-9/h1-2,5-6,12,15H,3-4H2,(H,10,11). The number of nitrogens with one attached hydrogen (secondary N) is 2. The van der Waals surface area contributed by atoms with Gasteiger partial charge in [-0.15, -0.1) is 0 Å². The molecule has 0 aliphatic rings. The Hall–Kier alpha value is -1.21. The molecule has 16 heavy (non-hydrogen) atoms. The molecular weight excluding hydrogens is 246 g/mol. The number of nitrogens with zero attached hydrogens (tertiary/aromatic N) is 1. The summed E-state index contributed by atoms with van der Waals surface area (Å²) >= 11 is 3.90. The van der Waals surface area contributed by atoms with Crippen molar-refractivity contribution in [2.75, 3.05) is 16.2 Å². The minimum atomic E-state index is -3.29. The van der Waals surface area contributed by atoms with Crippen molar-refractivity contribution in [1.29, 1.82) is 0 Å². The zero-order valence-corrected chi connectivity index (χ0v) is 10.1. The van der Waals surface area contributed by atoms with Crippen molar-refractivity contribution >= 4 is 39.2 Å². The third kappa shape index (κ3) is 2.48. The van der Waals surface area contributed by atoms with Gasteiger partial charge >= 0.3 is 0 Å². The van der Waals surface area contributed by atoms with Crippen LogP contribution in [0.2, 0.25) is 0 Å². The van der Waals surface area contributed by atoms with E-state index in [0.717, 1.165) is 10.9 Å². The van der Waals surface area contributed by atoms with E-state index in [1.807, 2.05) is 0 Å². The van der Waals surface area contributed by atoms with Crippen LogP contribution in [0.3, 0.4) is 0 Å². The molecule has 5 nitrogen and oxygen atoms in total. The first-order valence-electron chi connectivity index (χ1n) is 4.65. The van der Waals surface area contributed by atoms with Gasteiger partial charge in [0.25, 0.3) is 0 Å². The fourth-order valence-corrected chi connectivity index (χ4v) is 2.91. The van der Waals surface area contributed by atoms with Crippen LogP contribution < -0.4 is 4.72 Å². The molecule has 0 radical (unpaired) electrons. The van der Waals surface area contributed by atoms with Crippen LogP contribution in [0.1, 0.15) is 0 Å². The molecule has 86 valence electrons. The number of aromatic nitrogens is 2. The van der Waals surface area contributed by atoms with Crippen LogP contribution in [0, 0.1) is 0 Å². The van der Waals surface area contributed by atoms with Crippen molar-refractivity contribution in [3.05, 3.63) is 24.4 Å². The third-order valence-corrected chi connectivity index (χ3v) is 3.89. The van der Waals surface area contributed by atoms with Crippen molar-refractivity contribution in [2.45, 2.75) is 0 Å². The zero-order valence-electron chi connectivity index (χ0n) is 8.34. The minimum Gasteiger partial charge on any atom is -0.284 e. The quantitative estimate of drug-likeness (QED) is 0.721. The van der Waals surface area contributed by atoms with E-state index in [0.29, 0.717) is 11.4 Å². The summed E-state index contributed by atoms with van der Waals surface area (Å²) in [6.07, 6.45) is 1.64. The molecule has 0 saturated heterocycles. The third-order valence-electron chi connectivity index (χ3n) is 2.07. The minimum absolute atomic E-state index is 0.000461. The molecule has 1 aromatic heterocycles. The zero-order chi connectivity index (χ0) is 11.6. The van der Waals surface area contributed by atoms with E-state index in [-0.39, 0.29) is 5.75 Å². The number of aromatic amines is 1. The van der Waals surface area contributed by atoms with Gasteiger partial charge in [-0.25, -0.2) is 8.42 Å². The second-order valence-corrected chi connectivity index (χ2v) is 5.61. The topological polar surface area (TPSA) is 74.8 Å². The van der Waals surface area contributed by atoms with E-state index in [1.54, 1.807) is 24.4 Å². The lowest BCUT2D eigenvalue weighted by Crippen LogP contribution is -2.17. The second-order valence-electron chi connectivity index (χ2n) is 3.32. The first kappa shape index (κ1) is 11.3. The first-order chi connectivity index (χ1) is 7.61. The molecule has 2 rings (SSSR count). The predicted octanol–water partition coefficient (Wildman–Crippen LogP) is 1.23. The summed E-state index contributed by atoms with van der Waals surface area (Å²) in [6.45, 7) is 0. The Balaban J connectivity index is 2.27. The Morgan fingerprint density at radius 1 is 1.44 bits per heavy atom. The normalized spacial score (nSPS) is 11.8. The average Bonchev–Trinajstić information content (AvgIpc) is 2.63. The van der Waals surface area contributed by atoms with Gasteiger partial charge in [0.15, 0.2) is 0 Å². The van der Waals surface area contributed by atoms with Crippen molar-refractivity contribution in [1.82, 2.24) is 10.2 Å². The number of rotatable bonds is 4. The molecule has 0 aliphatic heterocycles. The summed E-state index contributed by atoms with van der Waals surface area (Å²) < 4.78 is 25.5. The summed E-state index contributed by atoms with van der Waals surface area (Å²) in [6, 6.07) is 5.20. The van der Waals surface area contributed by atoms with Crippen LogP contribution in [0.15, 0.2) is 24.4 Å². The number of H-pyrrole nitrogens is 1. The Bertz CT molecular complexity index is 592. The largest absolute Gasteiger partial charge is 0.284 e. The number of anilines is 1. The SMILES string of the molecule is O=S(=O)(CCS)Nc1ccc2[nH]ncc2c1. The summed E-state index contributed by atoms with van der Waals surface area (Å²) in [5.74, 6) is 0.294. The summed E-state index contributed by atoms with van der Waals surface area (Å²) in [4.78, 5) is 0. The molecule has 0 spiro atoms. The van der Waals surface area contributed by atoms with Crippen LogP contribution in [0.4, 0.5) is 5.69 Å². The van der Waals surface area contributed by atoms with Gasteiger partial charge in [0, 0.05) is 16.8 Å². The molecule has 1 aromatic carbocycles. The molecule has 0 bridgehead atoms. The molecular formula is C9H11N3O2S2. The van der Waals surface area contributed by atoms with Crippen molar-refractivity contribution in [3.8, 4) is 0 Å². The monoisotopic (exact) mass is 257 g/mol. The summed E-state index contributed by atoms with van der Waals surface area (Å²) in [5, 5.41) is 7.52. The summed E-state index contributed by atoms with van der Waals surface area (Å²) in [7, 11) is -3.29. The summed E-state index contributed by atoms with van der Waals surface area (Å²) in [5.41, 5.74) is 1.41. The van der Waals surface area contributed by atoms with E-state index < -0.39 is 10.0 Å². The maximum Gasteiger partial charge on any atom is 0.233 e. The highest BCUT2D eigenvalue weighted by atomic mass is 32.2. The second kappa shape index (κ2) is 4.34. The smallest absolute Gasteiger partial charge is 0.233 e. The molecule has 0 fully saturated rings. The highest BCUT2D eigenvalue weighted by Gasteiger charge is 2.09. The lowest BCUT2D eigenvalue weighted by Gasteiger charge is -2.06. The lowest BCUT2D eigenvalue weighted by molar-refractivity contribution is 0.602. The first-order valence-corrected chi connectivity index (χ1v) is 6.94. The van der Waals surface area contributed by atoms with Crippen LogP contribution in [0.5, 0.6) is 0 Å². The van der Waals surface area contributed by atoms with Crippen molar-refractivity contribution in [3.63, 3.8) is 0 Å². The molecule has 2 aromatic rings. The van der Waals surface area contributed by atoms with Crippen LogP contribution in [0.25, 0.3) is 10.9 Å². The number of thiol groups is 1. The number of hydrogen-bond donors (Lipinski definition) is 3. The average molecular weight is 257 g/mol. The van der Waals surface area contributed by atoms with E-state index >= 15 is 0 Å². The predicted molar refractivity (Wildman–Crippen MR) is 67.4 cm³/mol. The Labute approximate surface area is 98.7 Å². The Morgan fingerprint density at radius 3 is 3.00 bits per heavy atom. The number of fused-ring (bicyclic) bond motifs is 1. The van der Waals surface area contributed by atoms with Gasteiger partial charge in [0.2, 0.25) is 10.0 Å². The molecule has 0 amide bonds. The van der Waals surface area contributed by atoms with E-state index in [2.05, 4.69) is 27.5 Å². The molecule has 0 unspecified atom stereocenters.